The summed E-state index contributed by atoms with van der Waals surface area (Å²) in [5.41, 5.74) is 1.30. The van der Waals surface area contributed by atoms with Crippen molar-refractivity contribution < 1.29 is 9.18 Å². The van der Waals surface area contributed by atoms with E-state index < -0.39 is 0 Å². The van der Waals surface area contributed by atoms with Crippen LogP contribution in [0, 0.1) is 5.82 Å². The van der Waals surface area contributed by atoms with Crippen LogP contribution in [0.25, 0.3) is 0 Å². The predicted molar refractivity (Wildman–Crippen MR) is 81.0 cm³/mol. The van der Waals surface area contributed by atoms with E-state index in [4.69, 9.17) is 0 Å². The molecule has 114 valence electrons. The maximum Gasteiger partial charge on any atom is 0.251 e. The molecule has 2 fully saturated rings. The zero-order valence-corrected chi connectivity index (χ0v) is 12.3. The lowest BCUT2D eigenvalue weighted by Gasteiger charge is -2.24. The average molecular weight is 290 g/mol. The van der Waals surface area contributed by atoms with Crippen molar-refractivity contribution in [3.63, 3.8) is 0 Å². The van der Waals surface area contributed by atoms with Crippen LogP contribution >= 0.6 is 0 Å². The van der Waals surface area contributed by atoms with Gasteiger partial charge in [0.25, 0.3) is 5.91 Å². The molecule has 0 atom stereocenters. The zero-order chi connectivity index (χ0) is 14.7. The summed E-state index contributed by atoms with van der Waals surface area (Å²) in [7, 11) is 0. The third-order valence-corrected chi connectivity index (χ3v) is 4.73. The SMILES string of the molecule is O=C(NC1CCCC1)c1ccc(F)c(C2CCNCC2)c1. The highest BCUT2D eigenvalue weighted by Gasteiger charge is 2.22. The highest BCUT2D eigenvalue weighted by atomic mass is 19.1. The quantitative estimate of drug-likeness (QED) is 0.898. The number of carbonyl (C=O) groups is 1. The van der Waals surface area contributed by atoms with Crippen molar-refractivity contribution >= 4 is 5.91 Å². The largest absolute Gasteiger partial charge is 0.349 e. The number of piperidine rings is 1. The van der Waals surface area contributed by atoms with Crippen molar-refractivity contribution in [2.45, 2.75) is 50.5 Å². The number of rotatable bonds is 3. The molecule has 21 heavy (non-hydrogen) atoms. The molecule has 1 aliphatic heterocycles. The molecule has 2 N–H and O–H groups in total. The highest BCUT2D eigenvalue weighted by molar-refractivity contribution is 5.94. The van der Waals surface area contributed by atoms with Gasteiger partial charge in [0, 0.05) is 11.6 Å². The Kier molecular flexibility index (Phi) is 4.54. The van der Waals surface area contributed by atoms with E-state index >= 15 is 0 Å². The van der Waals surface area contributed by atoms with Crippen LogP contribution in [0.5, 0.6) is 0 Å². The summed E-state index contributed by atoms with van der Waals surface area (Å²) in [4.78, 5) is 12.3. The smallest absolute Gasteiger partial charge is 0.251 e. The molecule has 0 aromatic heterocycles. The number of halogens is 1. The van der Waals surface area contributed by atoms with E-state index in [1.165, 1.54) is 18.9 Å². The first-order chi connectivity index (χ1) is 10.2. The molecule has 1 saturated carbocycles. The van der Waals surface area contributed by atoms with Crippen LogP contribution in [0.3, 0.4) is 0 Å². The van der Waals surface area contributed by atoms with E-state index in [1.807, 2.05) is 0 Å². The molecule has 1 aliphatic carbocycles. The Bertz CT molecular complexity index is 506. The summed E-state index contributed by atoms with van der Waals surface area (Å²) in [5.74, 6) is -0.0121. The van der Waals surface area contributed by atoms with Crippen LogP contribution in [0.1, 0.15) is 60.4 Å². The molecule has 1 heterocycles. The maximum atomic E-state index is 14.1. The maximum absolute atomic E-state index is 14.1. The van der Waals surface area contributed by atoms with E-state index in [0.717, 1.165) is 38.8 Å². The van der Waals surface area contributed by atoms with Crippen molar-refractivity contribution in [2.75, 3.05) is 13.1 Å². The number of nitrogens with one attached hydrogen (secondary N) is 2. The molecule has 1 saturated heterocycles. The highest BCUT2D eigenvalue weighted by Crippen LogP contribution is 2.28. The lowest BCUT2D eigenvalue weighted by atomic mass is 9.89. The summed E-state index contributed by atoms with van der Waals surface area (Å²) >= 11 is 0. The molecule has 3 rings (SSSR count). The van der Waals surface area contributed by atoms with Crippen LogP contribution in [0.2, 0.25) is 0 Å². The van der Waals surface area contributed by atoms with Gasteiger partial charge in [0.2, 0.25) is 0 Å². The van der Waals surface area contributed by atoms with Crippen molar-refractivity contribution in [1.29, 1.82) is 0 Å². The Morgan fingerprint density at radius 2 is 1.86 bits per heavy atom. The minimum atomic E-state index is -0.181. The van der Waals surface area contributed by atoms with Crippen molar-refractivity contribution in [3.8, 4) is 0 Å². The minimum absolute atomic E-state index is 0.0583. The Hall–Kier alpha value is -1.42. The van der Waals surface area contributed by atoms with E-state index in [1.54, 1.807) is 12.1 Å². The van der Waals surface area contributed by atoms with Crippen molar-refractivity contribution in [3.05, 3.63) is 35.1 Å². The molecule has 0 bridgehead atoms. The number of benzene rings is 1. The Balaban J connectivity index is 1.74. The molecular formula is C17H23FN2O. The van der Waals surface area contributed by atoms with E-state index in [0.29, 0.717) is 17.2 Å². The number of amides is 1. The second kappa shape index (κ2) is 6.56. The first-order valence-electron chi connectivity index (χ1n) is 8.05. The lowest BCUT2D eigenvalue weighted by Crippen LogP contribution is -2.32. The first kappa shape index (κ1) is 14.5. The van der Waals surface area contributed by atoms with Crippen LogP contribution in [0.4, 0.5) is 4.39 Å². The van der Waals surface area contributed by atoms with E-state index in [9.17, 15) is 9.18 Å². The van der Waals surface area contributed by atoms with Crippen molar-refractivity contribution in [1.82, 2.24) is 10.6 Å². The number of hydrogen-bond donors (Lipinski definition) is 2. The second-order valence-corrected chi connectivity index (χ2v) is 6.22. The van der Waals surface area contributed by atoms with Crippen LogP contribution < -0.4 is 10.6 Å². The fourth-order valence-electron chi connectivity index (χ4n) is 3.47. The van der Waals surface area contributed by atoms with E-state index in [2.05, 4.69) is 10.6 Å². The van der Waals surface area contributed by atoms with Gasteiger partial charge in [-0.1, -0.05) is 12.8 Å². The van der Waals surface area contributed by atoms with Crippen molar-refractivity contribution in [2.24, 2.45) is 0 Å². The zero-order valence-electron chi connectivity index (χ0n) is 12.3. The van der Waals surface area contributed by atoms with Gasteiger partial charge in [-0.25, -0.2) is 4.39 Å². The Morgan fingerprint density at radius 3 is 2.57 bits per heavy atom. The van der Waals surface area contributed by atoms with Crippen LogP contribution in [0.15, 0.2) is 18.2 Å². The van der Waals surface area contributed by atoms with Gasteiger partial charge in [-0.05, 0) is 68.5 Å². The molecule has 0 radical (unpaired) electrons. The number of hydrogen-bond acceptors (Lipinski definition) is 2. The van der Waals surface area contributed by atoms with Gasteiger partial charge in [0.05, 0.1) is 0 Å². The standard InChI is InChI=1S/C17H23FN2O/c18-16-6-5-13(17(21)20-14-3-1-2-4-14)11-15(16)12-7-9-19-10-8-12/h5-6,11-12,14,19H,1-4,7-10H2,(H,20,21). The molecule has 1 aromatic rings. The van der Waals surface area contributed by atoms with Crippen LogP contribution in [-0.4, -0.2) is 25.0 Å². The molecule has 3 nitrogen and oxygen atoms in total. The third kappa shape index (κ3) is 3.43. The van der Waals surface area contributed by atoms with E-state index in [-0.39, 0.29) is 17.6 Å². The van der Waals surface area contributed by atoms with Gasteiger partial charge in [0.15, 0.2) is 0 Å². The molecule has 0 spiro atoms. The Labute approximate surface area is 125 Å². The van der Waals surface area contributed by atoms with Gasteiger partial charge < -0.3 is 10.6 Å². The van der Waals surface area contributed by atoms with Gasteiger partial charge >= 0.3 is 0 Å². The number of carbonyl (C=O) groups excluding carboxylic acids is 1. The summed E-state index contributed by atoms with van der Waals surface area (Å²) in [6.45, 7) is 1.84. The predicted octanol–water partition coefficient (Wildman–Crippen LogP) is 2.97. The summed E-state index contributed by atoms with van der Waals surface area (Å²) in [6, 6.07) is 5.10. The lowest BCUT2D eigenvalue weighted by molar-refractivity contribution is 0.0937. The second-order valence-electron chi connectivity index (χ2n) is 6.22. The summed E-state index contributed by atoms with van der Waals surface area (Å²) < 4.78 is 14.1. The fraction of sp³-hybridized carbons (Fsp3) is 0.588. The third-order valence-electron chi connectivity index (χ3n) is 4.73. The van der Waals surface area contributed by atoms with Gasteiger partial charge in [-0.3, -0.25) is 4.79 Å². The Morgan fingerprint density at radius 1 is 1.14 bits per heavy atom. The summed E-state index contributed by atoms with van der Waals surface area (Å²) in [5, 5.41) is 6.36. The van der Waals surface area contributed by atoms with Crippen LogP contribution in [-0.2, 0) is 0 Å². The average Bonchev–Trinajstić information content (AvgIpc) is 3.01. The molecule has 1 aromatic carbocycles. The van der Waals surface area contributed by atoms with Gasteiger partial charge in [0.1, 0.15) is 5.82 Å². The molecule has 1 amide bonds. The normalized spacial score (nSPS) is 20.6. The first-order valence-corrected chi connectivity index (χ1v) is 8.05. The molecular weight excluding hydrogens is 267 g/mol. The minimum Gasteiger partial charge on any atom is -0.349 e. The summed E-state index contributed by atoms with van der Waals surface area (Å²) in [6.07, 6.45) is 6.38. The molecule has 0 unspecified atom stereocenters. The topological polar surface area (TPSA) is 41.1 Å². The van der Waals surface area contributed by atoms with Gasteiger partial charge in [-0.2, -0.15) is 0 Å². The monoisotopic (exact) mass is 290 g/mol. The fourth-order valence-corrected chi connectivity index (χ4v) is 3.47. The molecule has 2 aliphatic rings. The molecule has 4 heteroatoms. The van der Waals surface area contributed by atoms with Gasteiger partial charge in [-0.15, -0.1) is 0 Å².